The fourth-order valence-electron chi connectivity index (χ4n) is 4.33. The minimum absolute atomic E-state index is 0.138. The van der Waals surface area contributed by atoms with E-state index < -0.39 is 6.04 Å². The molecule has 2 bridgehead atoms. The van der Waals surface area contributed by atoms with Crippen molar-refractivity contribution in [3.63, 3.8) is 0 Å². The van der Waals surface area contributed by atoms with Crippen molar-refractivity contribution in [3.8, 4) is 17.2 Å². The summed E-state index contributed by atoms with van der Waals surface area (Å²) in [5.41, 5.74) is 1.98. The van der Waals surface area contributed by atoms with Crippen LogP contribution in [0.5, 0.6) is 0 Å². The quantitative estimate of drug-likeness (QED) is 0.851. The lowest BCUT2D eigenvalue weighted by Crippen LogP contribution is -2.50. The first-order valence-electron chi connectivity index (χ1n) is 9.34. The van der Waals surface area contributed by atoms with E-state index >= 15 is 0 Å². The van der Waals surface area contributed by atoms with Crippen molar-refractivity contribution >= 4 is 5.91 Å². The number of amides is 1. The van der Waals surface area contributed by atoms with Crippen molar-refractivity contribution in [2.45, 2.75) is 50.7 Å². The van der Waals surface area contributed by atoms with Crippen molar-refractivity contribution in [1.29, 1.82) is 5.26 Å². The van der Waals surface area contributed by atoms with Crippen LogP contribution in [0, 0.1) is 30.0 Å². The monoisotopic (exact) mass is 367 g/mol. The van der Waals surface area contributed by atoms with Gasteiger partial charge in [-0.3, -0.25) is 4.79 Å². The van der Waals surface area contributed by atoms with Gasteiger partial charge in [-0.15, -0.1) is 0 Å². The van der Waals surface area contributed by atoms with Crippen LogP contribution in [0.3, 0.4) is 0 Å². The highest BCUT2D eigenvalue weighted by atomic mass is 19.1. The number of fused-ring (bicyclic) bond motifs is 2. The second-order valence-corrected chi connectivity index (χ2v) is 7.51. The predicted octanol–water partition coefficient (Wildman–Crippen LogP) is 3.09. The molecule has 1 aliphatic carbocycles. The topological polar surface area (TPSA) is 78.1 Å². The standard InChI is InChI=1S/C21H22FN3O2/c1-12-18(6-7-27-12)13-2-3-14(19(22)10-13)8-17(11-23)25-21(26)20-15-4-5-16(9-15)24-20/h2-3,6-7,10,15-17,20,24H,4-5,8-9H2,1H3,(H,25,26)/t15?,16-,17?,20+/m1/s1. The van der Waals surface area contributed by atoms with Crippen LogP contribution in [-0.2, 0) is 11.2 Å². The summed E-state index contributed by atoms with van der Waals surface area (Å²) >= 11 is 0. The van der Waals surface area contributed by atoms with Crippen LogP contribution in [0.25, 0.3) is 11.1 Å². The van der Waals surface area contributed by atoms with Gasteiger partial charge in [0, 0.05) is 18.0 Å². The van der Waals surface area contributed by atoms with E-state index in [9.17, 15) is 14.4 Å². The van der Waals surface area contributed by atoms with E-state index in [0.717, 1.165) is 36.1 Å². The summed E-state index contributed by atoms with van der Waals surface area (Å²) in [7, 11) is 0. The van der Waals surface area contributed by atoms with Gasteiger partial charge in [0.15, 0.2) is 0 Å². The summed E-state index contributed by atoms with van der Waals surface area (Å²) in [6.07, 6.45) is 4.90. The first kappa shape index (κ1) is 17.7. The first-order chi connectivity index (χ1) is 13.0. The Morgan fingerprint density at radius 1 is 1.44 bits per heavy atom. The van der Waals surface area contributed by atoms with E-state index in [1.165, 1.54) is 6.07 Å². The number of nitriles is 1. The number of nitrogens with zero attached hydrogens (tertiary/aromatic N) is 1. The number of halogens is 1. The van der Waals surface area contributed by atoms with Gasteiger partial charge in [0.1, 0.15) is 17.6 Å². The van der Waals surface area contributed by atoms with Crippen molar-refractivity contribution in [3.05, 3.63) is 47.7 Å². The Hall–Kier alpha value is -2.65. The van der Waals surface area contributed by atoms with E-state index in [1.54, 1.807) is 18.4 Å². The Morgan fingerprint density at radius 2 is 2.30 bits per heavy atom. The minimum Gasteiger partial charge on any atom is -0.469 e. The van der Waals surface area contributed by atoms with Crippen LogP contribution in [0.4, 0.5) is 4.39 Å². The van der Waals surface area contributed by atoms with Crippen LogP contribution in [0.2, 0.25) is 0 Å². The second-order valence-electron chi connectivity index (χ2n) is 7.51. The second kappa shape index (κ2) is 7.16. The third-order valence-corrected chi connectivity index (χ3v) is 5.76. The van der Waals surface area contributed by atoms with Crippen molar-refractivity contribution in [2.75, 3.05) is 0 Å². The summed E-state index contributed by atoms with van der Waals surface area (Å²) in [5, 5.41) is 15.5. The molecule has 27 heavy (non-hydrogen) atoms. The highest BCUT2D eigenvalue weighted by Gasteiger charge is 2.43. The number of carbonyl (C=O) groups is 1. The van der Waals surface area contributed by atoms with Crippen LogP contribution in [-0.4, -0.2) is 24.0 Å². The molecule has 1 aliphatic heterocycles. The third kappa shape index (κ3) is 3.47. The maximum atomic E-state index is 14.6. The Morgan fingerprint density at radius 3 is 2.89 bits per heavy atom. The molecule has 6 heteroatoms. The number of rotatable bonds is 5. The zero-order chi connectivity index (χ0) is 19.0. The molecule has 2 aliphatic rings. The molecule has 2 unspecified atom stereocenters. The molecule has 2 aromatic rings. The Labute approximate surface area is 157 Å². The molecule has 2 heterocycles. The molecule has 0 radical (unpaired) electrons. The van der Waals surface area contributed by atoms with Gasteiger partial charge < -0.3 is 15.1 Å². The van der Waals surface area contributed by atoms with Gasteiger partial charge in [-0.25, -0.2) is 4.39 Å². The predicted molar refractivity (Wildman–Crippen MR) is 98.1 cm³/mol. The first-order valence-corrected chi connectivity index (χ1v) is 9.34. The molecule has 1 aromatic heterocycles. The molecule has 4 rings (SSSR count). The number of furan rings is 1. The summed E-state index contributed by atoms with van der Waals surface area (Å²) in [6.45, 7) is 1.83. The molecule has 4 atom stereocenters. The largest absolute Gasteiger partial charge is 0.469 e. The maximum Gasteiger partial charge on any atom is 0.238 e. The van der Waals surface area contributed by atoms with Gasteiger partial charge in [0.05, 0.1) is 18.4 Å². The van der Waals surface area contributed by atoms with Gasteiger partial charge in [-0.2, -0.15) is 5.26 Å². The lowest BCUT2D eigenvalue weighted by Gasteiger charge is -2.23. The number of hydrogen-bond donors (Lipinski definition) is 2. The van der Waals surface area contributed by atoms with E-state index in [2.05, 4.69) is 16.7 Å². The molecule has 1 saturated heterocycles. The molecular weight excluding hydrogens is 345 g/mol. The van der Waals surface area contributed by atoms with Gasteiger partial charge in [-0.1, -0.05) is 12.1 Å². The maximum absolute atomic E-state index is 14.6. The average Bonchev–Trinajstić information content (AvgIpc) is 3.39. The van der Waals surface area contributed by atoms with Crippen molar-refractivity contribution < 1.29 is 13.6 Å². The molecule has 1 saturated carbocycles. The normalized spacial score (nSPS) is 24.6. The highest BCUT2D eigenvalue weighted by Crippen LogP contribution is 2.35. The molecule has 1 aromatic carbocycles. The molecule has 0 spiro atoms. The zero-order valence-electron chi connectivity index (χ0n) is 15.2. The Balaban J connectivity index is 1.43. The minimum atomic E-state index is -0.755. The molecule has 1 amide bonds. The summed E-state index contributed by atoms with van der Waals surface area (Å²) in [6, 6.07) is 8.24. The van der Waals surface area contributed by atoms with Crippen molar-refractivity contribution in [1.82, 2.24) is 10.6 Å². The Kier molecular flexibility index (Phi) is 4.71. The number of hydrogen-bond acceptors (Lipinski definition) is 4. The van der Waals surface area contributed by atoms with Crippen LogP contribution < -0.4 is 10.6 Å². The smallest absolute Gasteiger partial charge is 0.238 e. The summed E-state index contributed by atoms with van der Waals surface area (Å²) in [5.74, 6) is 0.534. The Bertz CT molecular complexity index is 901. The average molecular weight is 367 g/mol. The number of aryl methyl sites for hydroxylation is 1. The van der Waals surface area contributed by atoms with Crippen molar-refractivity contribution in [2.24, 2.45) is 5.92 Å². The van der Waals surface area contributed by atoms with E-state index in [1.807, 2.05) is 13.0 Å². The van der Waals surface area contributed by atoms with Crippen LogP contribution in [0.15, 0.2) is 34.9 Å². The number of piperidine rings is 1. The highest BCUT2D eigenvalue weighted by molar-refractivity contribution is 5.83. The molecule has 2 N–H and O–H groups in total. The molecule has 5 nitrogen and oxygen atoms in total. The lowest BCUT2D eigenvalue weighted by atomic mass is 9.98. The third-order valence-electron chi connectivity index (χ3n) is 5.76. The fraction of sp³-hybridized carbons (Fsp3) is 0.429. The van der Waals surface area contributed by atoms with Gasteiger partial charge >= 0.3 is 0 Å². The van der Waals surface area contributed by atoms with Crippen LogP contribution in [0.1, 0.15) is 30.6 Å². The lowest BCUT2D eigenvalue weighted by molar-refractivity contribution is -0.124. The fourth-order valence-corrected chi connectivity index (χ4v) is 4.33. The molecule has 140 valence electrons. The van der Waals surface area contributed by atoms with E-state index in [4.69, 9.17) is 4.42 Å². The summed E-state index contributed by atoms with van der Waals surface area (Å²) < 4.78 is 19.8. The number of nitrogens with one attached hydrogen (secondary N) is 2. The SMILES string of the molecule is Cc1occc1-c1ccc(CC(C#N)NC(=O)[C@H]2N[C@@H]3CCC2C3)c(F)c1. The van der Waals surface area contributed by atoms with Crippen LogP contribution >= 0.6 is 0 Å². The van der Waals surface area contributed by atoms with Gasteiger partial charge in [0.2, 0.25) is 5.91 Å². The zero-order valence-corrected chi connectivity index (χ0v) is 15.2. The van der Waals surface area contributed by atoms with E-state index in [-0.39, 0.29) is 24.2 Å². The van der Waals surface area contributed by atoms with Gasteiger partial charge in [-0.05, 0) is 55.4 Å². The number of benzene rings is 1. The van der Waals surface area contributed by atoms with E-state index in [0.29, 0.717) is 17.5 Å². The number of carbonyl (C=O) groups excluding carboxylic acids is 1. The van der Waals surface area contributed by atoms with Gasteiger partial charge in [0.25, 0.3) is 0 Å². The molecule has 2 fully saturated rings. The molecular formula is C21H22FN3O2. The summed E-state index contributed by atoms with van der Waals surface area (Å²) in [4.78, 5) is 12.5.